The SMILES string of the molecule is Cc1cccc(NC(=S)NC(NC(=O)c2ccccc2F)C(Cl)(Cl)Cl)c1. The molecule has 0 radical (unpaired) electrons. The Hall–Kier alpha value is -1.60. The number of amides is 1. The summed E-state index contributed by atoms with van der Waals surface area (Å²) in [4.78, 5) is 12.3. The smallest absolute Gasteiger partial charge is 0.255 e. The third-order valence-corrected chi connectivity index (χ3v) is 4.15. The fourth-order valence-corrected chi connectivity index (χ4v) is 2.64. The normalized spacial score (nSPS) is 12.2. The molecule has 1 atom stereocenters. The van der Waals surface area contributed by atoms with Gasteiger partial charge in [-0.05, 0) is 49.0 Å². The van der Waals surface area contributed by atoms with Crippen LogP contribution in [0.15, 0.2) is 48.5 Å². The summed E-state index contributed by atoms with van der Waals surface area (Å²) in [5.41, 5.74) is 1.58. The summed E-state index contributed by atoms with van der Waals surface area (Å²) in [5.74, 6) is -1.43. The van der Waals surface area contributed by atoms with Gasteiger partial charge in [-0.1, -0.05) is 59.1 Å². The van der Waals surface area contributed by atoms with Crippen molar-refractivity contribution in [2.24, 2.45) is 0 Å². The zero-order valence-electron chi connectivity index (χ0n) is 13.5. The summed E-state index contributed by atoms with van der Waals surface area (Å²) in [7, 11) is 0. The molecule has 0 fully saturated rings. The monoisotopic (exact) mass is 433 g/mol. The number of aryl methyl sites for hydroxylation is 1. The number of alkyl halides is 3. The topological polar surface area (TPSA) is 53.2 Å². The number of nitrogens with one attached hydrogen (secondary N) is 3. The average molecular weight is 435 g/mol. The second kappa shape index (κ2) is 8.86. The van der Waals surface area contributed by atoms with Crippen molar-refractivity contribution in [1.29, 1.82) is 0 Å². The van der Waals surface area contributed by atoms with Crippen molar-refractivity contribution in [1.82, 2.24) is 10.6 Å². The van der Waals surface area contributed by atoms with Gasteiger partial charge in [0.15, 0.2) is 5.11 Å². The highest BCUT2D eigenvalue weighted by molar-refractivity contribution is 7.80. The van der Waals surface area contributed by atoms with Crippen LogP contribution < -0.4 is 16.0 Å². The molecule has 0 heterocycles. The van der Waals surface area contributed by atoms with Crippen LogP contribution in [0, 0.1) is 12.7 Å². The van der Waals surface area contributed by atoms with Gasteiger partial charge in [-0.2, -0.15) is 0 Å². The lowest BCUT2D eigenvalue weighted by Gasteiger charge is -2.27. The van der Waals surface area contributed by atoms with Gasteiger partial charge in [-0.15, -0.1) is 0 Å². The molecule has 26 heavy (non-hydrogen) atoms. The summed E-state index contributed by atoms with van der Waals surface area (Å²) in [6.07, 6.45) is -1.19. The Bertz CT molecular complexity index is 814. The summed E-state index contributed by atoms with van der Waals surface area (Å²) < 4.78 is 11.8. The second-order valence-corrected chi connectivity index (χ2v) is 8.17. The van der Waals surface area contributed by atoms with Crippen LogP contribution in [0.4, 0.5) is 10.1 Å². The van der Waals surface area contributed by atoms with Crippen molar-refractivity contribution in [3.8, 4) is 0 Å². The lowest BCUT2D eigenvalue weighted by atomic mass is 10.2. The number of hydrogen-bond donors (Lipinski definition) is 3. The third kappa shape index (κ3) is 5.99. The minimum atomic E-state index is -1.93. The number of benzene rings is 2. The molecule has 1 unspecified atom stereocenters. The number of carbonyl (C=O) groups excluding carboxylic acids is 1. The minimum absolute atomic E-state index is 0.126. The third-order valence-electron chi connectivity index (χ3n) is 3.27. The van der Waals surface area contributed by atoms with Crippen LogP contribution in [-0.4, -0.2) is 21.0 Å². The Morgan fingerprint density at radius 1 is 1.12 bits per heavy atom. The fraction of sp³-hybridized carbons (Fsp3) is 0.176. The summed E-state index contributed by atoms with van der Waals surface area (Å²) in [6.45, 7) is 1.93. The van der Waals surface area contributed by atoms with Crippen LogP contribution in [0.25, 0.3) is 0 Å². The second-order valence-electron chi connectivity index (χ2n) is 5.40. The van der Waals surface area contributed by atoms with Crippen molar-refractivity contribution in [3.05, 3.63) is 65.5 Å². The van der Waals surface area contributed by atoms with E-state index in [-0.39, 0.29) is 10.7 Å². The van der Waals surface area contributed by atoms with Gasteiger partial charge in [0, 0.05) is 5.69 Å². The van der Waals surface area contributed by atoms with Crippen molar-refractivity contribution in [2.45, 2.75) is 16.9 Å². The maximum atomic E-state index is 13.8. The van der Waals surface area contributed by atoms with E-state index in [9.17, 15) is 9.18 Å². The van der Waals surface area contributed by atoms with Crippen LogP contribution in [0.1, 0.15) is 15.9 Å². The van der Waals surface area contributed by atoms with Gasteiger partial charge in [0.25, 0.3) is 5.91 Å². The molecule has 2 rings (SSSR count). The molecule has 2 aromatic rings. The number of hydrogen-bond acceptors (Lipinski definition) is 2. The predicted molar refractivity (Wildman–Crippen MR) is 108 cm³/mol. The first kappa shape index (κ1) is 20.7. The molecule has 0 bridgehead atoms. The van der Waals surface area contributed by atoms with Crippen molar-refractivity contribution in [2.75, 3.05) is 5.32 Å². The highest BCUT2D eigenvalue weighted by atomic mass is 35.6. The Balaban J connectivity index is 2.09. The summed E-state index contributed by atoms with van der Waals surface area (Å²) in [5, 5.41) is 8.20. The molecule has 0 aliphatic carbocycles. The molecule has 9 heteroatoms. The van der Waals surface area contributed by atoms with Crippen molar-refractivity contribution < 1.29 is 9.18 Å². The average Bonchev–Trinajstić information content (AvgIpc) is 2.53. The maximum absolute atomic E-state index is 13.8. The highest BCUT2D eigenvalue weighted by Crippen LogP contribution is 2.29. The molecular weight excluding hydrogens is 420 g/mol. The molecule has 0 aromatic heterocycles. The standard InChI is InChI=1S/C17H15Cl3FN3OS/c1-10-5-4-6-11(9-10)22-16(26)24-15(17(18,19)20)23-14(25)12-7-2-3-8-13(12)21/h2-9,15H,1H3,(H,23,25)(H2,22,24,26). The first-order valence-electron chi connectivity index (χ1n) is 7.43. The molecule has 1 amide bonds. The fourth-order valence-electron chi connectivity index (χ4n) is 2.08. The van der Waals surface area contributed by atoms with E-state index < -0.39 is 21.7 Å². The maximum Gasteiger partial charge on any atom is 0.255 e. The van der Waals surface area contributed by atoms with Gasteiger partial charge >= 0.3 is 0 Å². The van der Waals surface area contributed by atoms with Gasteiger partial charge in [-0.25, -0.2) is 4.39 Å². The van der Waals surface area contributed by atoms with E-state index in [4.69, 9.17) is 47.0 Å². The summed E-state index contributed by atoms with van der Waals surface area (Å²) in [6, 6.07) is 12.9. The first-order chi connectivity index (χ1) is 12.2. The first-order valence-corrected chi connectivity index (χ1v) is 8.97. The van der Waals surface area contributed by atoms with Crippen LogP contribution in [0.5, 0.6) is 0 Å². The zero-order chi connectivity index (χ0) is 19.3. The highest BCUT2D eigenvalue weighted by Gasteiger charge is 2.35. The quantitative estimate of drug-likeness (QED) is 0.375. The van der Waals surface area contributed by atoms with E-state index in [2.05, 4.69) is 16.0 Å². The molecule has 3 N–H and O–H groups in total. The van der Waals surface area contributed by atoms with Crippen LogP contribution in [-0.2, 0) is 0 Å². The number of carbonyl (C=O) groups is 1. The molecule has 0 saturated heterocycles. The molecule has 138 valence electrons. The van der Waals surface area contributed by atoms with Gasteiger partial charge < -0.3 is 16.0 Å². The van der Waals surface area contributed by atoms with E-state index >= 15 is 0 Å². The Kier molecular flexibility index (Phi) is 7.06. The number of rotatable bonds is 4. The predicted octanol–water partition coefficient (Wildman–Crippen LogP) is 4.55. The molecule has 0 aliphatic rings. The Morgan fingerprint density at radius 2 is 1.81 bits per heavy atom. The van der Waals surface area contributed by atoms with E-state index in [0.717, 1.165) is 17.3 Å². The number of halogens is 4. The van der Waals surface area contributed by atoms with E-state index in [0.29, 0.717) is 0 Å². The molecule has 2 aromatic carbocycles. The molecular formula is C17H15Cl3FN3OS. The summed E-state index contributed by atoms with van der Waals surface area (Å²) >= 11 is 22.9. The van der Waals surface area contributed by atoms with Crippen LogP contribution in [0.2, 0.25) is 0 Å². The number of anilines is 1. The lowest BCUT2D eigenvalue weighted by Crippen LogP contribution is -2.56. The zero-order valence-corrected chi connectivity index (χ0v) is 16.6. The Labute approximate surface area is 171 Å². The van der Waals surface area contributed by atoms with E-state index in [1.54, 1.807) is 0 Å². The minimum Gasteiger partial charge on any atom is -0.339 e. The Morgan fingerprint density at radius 3 is 2.42 bits per heavy atom. The molecule has 4 nitrogen and oxygen atoms in total. The van der Waals surface area contributed by atoms with E-state index in [1.807, 2.05) is 31.2 Å². The van der Waals surface area contributed by atoms with Gasteiger partial charge in [-0.3, -0.25) is 4.79 Å². The van der Waals surface area contributed by atoms with Crippen molar-refractivity contribution >= 4 is 63.7 Å². The lowest BCUT2D eigenvalue weighted by molar-refractivity contribution is 0.0930. The van der Waals surface area contributed by atoms with Gasteiger partial charge in [0.05, 0.1) is 5.56 Å². The molecule has 0 spiro atoms. The van der Waals surface area contributed by atoms with Crippen LogP contribution in [0.3, 0.4) is 0 Å². The molecule has 0 saturated carbocycles. The van der Waals surface area contributed by atoms with Gasteiger partial charge in [0.2, 0.25) is 3.79 Å². The van der Waals surface area contributed by atoms with Crippen molar-refractivity contribution in [3.63, 3.8) is 0 Å². The van der Waals surface area contributed by atoms with Gasteiger partial charge in [0.1, 0.15) is 12.0 Å². The number of thiocarbonyl (C=S) groups is 1. The van der Waals surface area contributed by atoms with Crippen LogP contribution >= 0.6 is 47.0 Å². The molecule has 0 aliphatic heterocycles. The largest absolute Gasteiger partial charge is 0.339 e. The van der Waals surface area contributed by atoms with E-state index in [1.165, 1.54) is 18.2 Å².